The molecule has 1 atom stereocenters. The average Bonchev–Trinajstić information content (AvgIpc) is 3.35. The Morgan fingerprint density at radius 1 is 0.290 bits per heavy atom. The highest BCUT2D eigenvalue weighted by atomic mass is 16.6. The van der Waals surface area contributed by atoms with E-state index >= 15 is 0 Å². The van der Waals surface area contributed by atoms with E-state index in [1.165, 1.54) is 141 Å². The molecule has 0 aromatic rings. The monoisotopic (exact) mass is 961 g/mol. The van der Waals surface area contributed by atoms with Gasteiger partial charge in [-0.3, -0.25) is 14.4 Å². The highest BCUT2D eigenvalue weighted by molar-refractivity contribution is 5.71. The SMILES string of the molecule is CCCCC/C=C\C/C=C\C/C=C\C/C=C\CCCCCC(=O)O[C@H](COC(=O)CCCC/C=C\C/C=C\C/C=C\CCCCC)COC(=O)CCCCCCCCCCCCCCCCCCC. The van der Waals surface area contributed by atoms with Crippen molar-refractivity contribution in [2.45, 2.75) is 284 Å². The van der Waals surface area contributed by atoms with E-state index in [0.717, 1.165) is 96.3 Å². The van der Waals surface area contributed by atoms with Crippen molar-refractivity contribution in [3.05, 3.63) is 85.1 Å². The first-order chi connectivity index (χ1) is 34.0. The second kappa shape index (κ2) is 57.2. The fourth-order valence-corrected chi connectivity index (χ4v) is 7.96. The highest BCUT2D eigenvalue weighted by Gasteiger charge is 2.19. The molecular weight excluding hydrogens is 853 g/mol. The average molecular weight is 962 g/mol. The molecular formula is C63H108O6. The van der Waals surface area contributed by atoms with Gasteiger partial charge in [0, 0.05) is 19.3 Å². The summed E-state index contributed by atoms with van der Waals surface area (Å²) < 4.78 is 16.8. The summed E-state index contributed by atoms with van der Waals surface area (Å²) in [6, 6.07) is 0. The second-order valence-corrected chi connectivity index (χ2v) is 19.2. The molecule has 0 fully saturated rings. The van der Waals surface area contributed by atoms with Crippen LogP contribution in [0.3, 0.4) is 0 Å². The lowest BCUT2D eigenvalue weighted by Crippen LogP contribution is -2.30. The molecule has 6 heteroatoms. The van der Waals surface area contributed by atoms with Crippen LogP contribution in [0.5, 0.6) is 0 Å². The smallest absolute Gasteiger partial charge is 0.306 e. The van der Waals surface area contributed by atoms with Gasteiger partial charge in [-0.1, -0.05) is 241 Å². The van der Waals surface area contributed by atoms with Gasteiger partial charge in [0.2, 0.25) is 0 Å². The van der Waals surface area contributed by atoms with Gasteiger partial charge in [-0.25, -0.2) is 0 Å². The molecule has 0 saturated heterocycles. The molecule has 0 spiro atoms. The fourth-order valence-electron chi connectivity index (χ4n) is 7.96. The van der Waals surface area contributed by atoms with Crippen molar-refractivity contribution in [3.63, 3.8) is 0 Å². The van der Waals surface area contributed by atoms with Crippen molar-refractivity contribution in [2.75, 3.05) is 13.2 Å². The van der Waals surface area contributed by atoms with Gasteiger partial charge in [0.05, 0.1) is 0 Å². The summed E-state index contributed by atoms with van der Waals surface area (Å²) in [4.78, 5) is 38.2. The van der Waals surface area contributed by atoms with Gasteiger partial charge < -0.3 is 14.2 Å². The summed E-state index contributed by atoms with van der Waals surface area (Å²) in [6.45, 7) is 6.54. The number of carbonyl (C=O) groups excluding carboxylic acids is 3. The largest absolute Gasteiger partial charge is 0.462 e. The number of esters is 3. The first kappa shape index (κ1) is 65.6. The number of hydrogen-bond donors (Lipinski definition) is 0. The fraction of sp³-hybridized carbons (Fsp3) is 0.730. The van der Waals surface area contributed by atoms with E-state index < -0.39 is 6.10 Å². The summed E-state index contributed by atoms with van der Waals surface area (Å²) in [6.07, 6.45) is 74.3. The molecule has 0 aliphatic heterocycles. The minimum atomic E-state index is -0.808. The van der Waals surface area contributed by atoms with Crippen molar-refractivity contribution in [2.24, 2.45) is 0 Å². The Kier molecular flexibility index (Phi) is 54.3. The Labute approximate surface area is 426 Å². The van der Waals surface area contributed by atoms with Crippen molar-refractivity contribution in [1.29, 1.82) is 0 Å². The zero-order valence-corrected chi connectivity index (χ0v) is 45.3. The topological polar surface area (TPSA) is 78.9 Å². The van der Waals surface area contributed by atoms with E-state index in [0.29, 0.717) is 12.8 Å². The van der Waals surface area contributed by atoms with E-state index in [-0.39, 0.29) is 37.5 Å². The van der Waals surface area contributed by atoms with Crippen LogP contribution < -0.4 is 0 Å². The molecule has 0 rings (SSSR count). The lowest BCUT2D eigenvalue weighted by Gasteiger charge is -2.18. The van der Waals surface area contributed by atoms with E-state index in [9.17, 15) is 14.4 Å². The molecule has 0 aromatic heterocycles. The molecule has 0 amide bonds. The van der Waals surface area contributed by atoms with Crippen LogP contribution in [0, 0.1) is 0 Å². The summed E-state index contributed by atoms with van der Waals surface area (Å²) in [5.74, 6) is -0.964. The quantitative estimate of drug-likeness (QED) is 0.0262. The maximum Gasteiger partial charge on any atom is 0.306 e. The normalized spacial score (nSPS) is 12.7. The number of rotatable bonds is 52. The van der Waals surface area contributed by atoms with E-state index in [4.69, 9.17) is 14.2 Å². The zero-order chi connectivity index (χ0) is 50.0. The first-order valence-electron chi connectivity index (χ1n) is 29.1. The van der Waals surface area contributed by atoms with Gasteiger partial charge in [-0.15, -0.1) is 0 Å². The van der Waals surface area contributed by atoms with Crippen LogP contribution in [0.4, 0.5) is 0 Å². The van der Waals surface area contributed by atoms with Gasteiger partial charge >= 0.3 is 17.9 Å². The molecule has 396 valence electrons. The maximum absolute atomic E-state index is 12.9. The van der Waals surface area contributed by atoms with E-state index in [1.54, 1.807) is 0 Å². The number of allylic oxidation sites excluding steroid dienone is 14. The van der Waals surface area contributed by atoms with Gasteiger partial charge in [-0.05, 0) is 103 Å². The van der Waals surface area contributed by atoms with Gasteiger partial charge in [0.25, 0.3) is 0 Å². The Balaban J connectivity index is 4.49. The van der Waals surface area contributed by atoms with E-state index in [1.807, 2.05) is 0 Å². The number of unbranched alkanes of at least 4 members (excludes halogenated alkanes) is 27. The van der Waals surface area contributed by atoms with Crippen LogP contribution in [-0.2, 0) is 28.6 Å². The van der Waals surface area contributed by atoms with Crippen LogP contribution in [0.2, 0.25) is 0 Å². The zero-order valence-electron chi connectivity index (χ0n) is 45.3. The molecule has 6 nitrogen and oxygen atoms in total. The van der Waals surface area contributed by atoms with Crippen LogP contribution >= 0.6 is 0 Å². The minimum Gasteiger partial charge on any atom is -0.462 e. The van der Waals surface area contributed by atoms with Crippen LogP contribution in [0.25, 0.3) is 0 Å². The highest BCUT2D eigenvalue weighted by Crippen LogP contribution is 2.15. The van der Waals surface area contributed by atoms with Crippen molar-refractivity contribution in [3.8, 4) is 0 Å². The second-order valence-electron chi connectivity index (χ2n) is 19.2. The lowest BCUT2D eigenvalue weighted by molar-refractivity contribution is -0.167. The molecule has 69 heavy (non-hydrogen) atoms. The van der Waals surface area contributed by atoms with Crippen LogP contribution in [0.15, 0.2) is 85.1 Å². The number of carbonyl (C=O) groups is 3. The molecule has 0 aromatic carbocycles. The Bertz CT molecular complexity index is 1330. The van der Waals surface area contributed by atoms with Crippen molar-refractivity contribution in [1.82, 2.24) is 0 Å². The Morgan fingerprint density at radius 3 is 0.870 bits per heavy atom. The molecule has 0 radical (unpaired) electrons. The third kappa shape index (κ3) is 55.4. The molecule has 0 N–H and O–H groups in total. The van der Waals surface area contributed by atoms with Crippen molar-refractivity contribution < 1.29 is 28.6 Å². The van der Waals surface area contributed by atoms with Crippen LogP contribution in [0.1, 0.15) is 278 Å². The molecule has 0 heterocycles. The van der Waals surface area contributed by atoms with Gasteiger partial charge in [0.15, 0.2) is 6.10 Å². The van der Waals surface area contributed by atoms with Gasteiger partial charge in [-0.2, -0.15) is 0 Å². The molecule has 0 aliphatic carbocycles. The summed E-state index contributed by atoms with van der Waals surface area (Å²) in [5, 5.41) is 0. The third-order valence-corrected chi connectivity index (χ3v) is 12.4. The predicted octanol–water partition coefficient (Wildman–Crippen LogP) is 19.5. The number of hydrogen-bond acceptors (Lipinski definition) is 6. The maximum atomic E-state index is 12.9. The molecule has 0 unspecified atom stereocenters. The standard InChI is InChI=1S/C63H108O6/c1-4-7-10-13-16-19-22-25-28-30-31-33-36-39-42-45-48-51-54-57-63(66)69-60(58-67-61(64)55-52-49-46-43-40-37-34-27-24-21-18-15-12-9-6-3)59-68-62(65)56-53-50-47-44-41-38-35-32-29-26-23-20-17-14-11-8-5-2/h16,18-19,21,25,27-28,31,33-34,39-40,42-43,60H,4-15,17,20,22-24,26,29-30,32,35-38,41,44-59H2,1-3H3/b19-16-,21-18-,28-25-,33-31-,34-27-,42-39-,43-40-/t60-/m1/s1. The number of ether oxygens (including phenoxy) is 3. The third-order valence-electron chi connectivity index (χ3n) is 12.4. The molecule has 0 aliphatic rings. The predicted molar refractivity (Wildman–Crippen MR) is 297 cm³/mol. The summed E-state index contributed by atoms with van der Waals surface area (Å²) in [7, 11) is 0. The lowest BCUT2D eigenvalue weighted by atomic mass is 10.0. The van der Waals surface area contributed by atoms with E-state index in [2.05, 4.69) is 106 Å². The molecule has 0 saturated carbocycles. The molecule has 0 bridgehead atoms. The summed E-state index contributed by atoms with van der Waals surface area (Å²) >= 11 is 0. The summed E-state index contributed by atoms with van der Waals surface area (Å²) in [5.41, 5.74) is 0. The van der Waals surface area contributed by atoms with Crippen molar-refractivity contribution >= 4 is 17.9 Å². The Hall–Kier alpha value is -3.41. The Morgan fingerprint density at radius 2 is 0.522 bits per heavy atom. The first-order valence-corrected chi connectivity index (χ1v) is 29.1. The van der Waals surface area contributed by atoms with Crippen LogP contribution in [-0.4, -0.2) is 37.2 Å². The van der Waals surface area contributed by atoms with Gasteiger partial charge in [0.1, 0.15) is 13.2 Å². The minimum absolute atomic E-state index is 0.0998.